The lowest BCUT2D eigenvalue weighted by Crippen LogP contribution is -2.30. The van der Waals surface area contributed by atoms with Crippen LogP contribution in [0.5, 0.6) is 0 Å². The second kappa shape index (κ2) is 5.90. The summed E-state index contributed by atoms with van der Waals surface area (Å²) in [6.07, 6.45) is 2.70. The standard InChI is InChI=1S/C19H24N2/c1-14-4-3-5-18(12-14)21(2)19(13-20)17-10-8-16(9-11-17)15-6-7-15/h3-5,8-12,15,19H,6-7,13,20H2,1-2H3. The number of rotatable bonds is 5. The number of aryl methyl sites for hydroxylation is 1. The van der Waals surface area contributed by atoms with Crippen LogP contribution in [0, 0.1) is 6.92 Å². The smallest absolute Gasteiger partial charge is 0.0661 e. The Labute approximate surface area is 127 Å². The largest absolute Gasteiger partial charge is 0.366 e. The molecular weight excluding hydrogens is 256 g/mol. The molecule has 1 aliphatic carbocycles. The lowest BCUT2D eigenvalue weighted by molar-refractivity contribution is 0.680. The SMILES string of the molecule is Cc1cccc(N(C)C(CN)c2ccc(C3CC3)cc2)c1. The molecule has 2 aromatic carbocycles. The third-order valence-electron chi connectivity index (χ3n) is 4.47. The van der Waals surface area contributed by atoms with Crippen LogP contribution in [0.3, 0.4) is 0 Å². The molecule has 0 spiro atoms. The molecule has 2 heteroatoms. The molecule has 0 saturated heterocycles. The van der Waals surface area contributed by atoms with E-state index in [-0.39, 0.29) is 6.04 Å². The molecule has 0 bridgehead atoms. The van der Waals surface area contributed by atoms with Gasteiger partial charge in [0.2, 0.25) is 0 Å². The van der Waals surface area contributed by atoms with Gasteiger partial charge in [-0.15, -0.1) is 0 Å². The van der Waals surface area contributed by atoms with E-state index < -0.39 is 0 Å². The Kier molecular flexibility index (Phi) is 3.98. The van der Waals surface area contributed by atoms with E-state index in [1.165, 1.54) is 35.2 Å². The van der Waals surface area contributed by atoms with Crippen molar-refractivity contribution >= 4 is 5.69 Å². The van der Waals surface area contributed by atoms with E-state index in [1.54, 1.807) is 0 Å². The van der Waals surface area contributed by atoms with Gasteiger partial charge in [0, 0.05) is 19.3 Å². The maximum atomic E-state index is 6.05. The summed E-state index contributed by atoms with van der Waals surface area (Å²) in [7, 11) is 2.13. The third kappa shape index (κ3) is 3.11. The monoisotopic (exact) mass is 280 g/mol. The summed E-state index contributed by atoms with van der Waals surface area (Å²) < 4.78 is 0. The van der Waals surface area contributed by atoms with E-state index in [2.05, 4.69) is 67.4 Å². The quantitative estimate of drug-likeness (QED) is 0.896. The first-order chi connectivity index (χ1) is 10.2. The van der Waals surface area contributed by atoms with Crippen molar-refractivity contribution in [3.63, 3.8) is 0 Å². The number of likely N-dealkylation sites (N-methyl/N-ethyl adjacent to an activating group) is 1. The Morgan fingerprint density at radius 3 is 2.43 bits per heavy atom. The van der Waals surface area contributed by atoms with Gasteiger partial charge in [-0.05, 0) is 54.5 Å². The summed E-state index contributed by atoms with van der Waals surface area (Å²) in [5, 5.41) is 0. The summed E-state index contributed by atoms with van der Waals surface area (Å²) in [4.78, 5) is 2.28. The molecule has 0 radical (unpaired) electrons. The fourth-order valence-corrected chi connectivity index (χ4v) is 2.95. The normalized spacial score (nSPS) is 15.8. The number of hydrogen-bond acceptors (Lipinski definition) is 2. The Morgan fingerprint density at radius 2 is 1.86 bits per heavy atom. The Balaban J connectivity index is 1.82. The molecule has 1 saturated carbocycles. The van der Waals surface area contributed by atoms with Crippen LogP contribution in [0.25, 0.3) is 0 Å². The van der Waals surface area contributed by atoms with Crippen molar-refractivity contribution in [3.05, 3.63) is 65.2 Å². The second-order valence-corrected chi connectivity index (χ2v) is 6.14. The minimum absolute atomic E-state index is 0.222. The first-order valence-corrected chi connectivity index (χ1v) is 7.78. The van der Waals surface area contributed by atoms with Crippen LogP contribution in [-0.4, -0.2) is 13.6 Å². The van der Waals surface area contributed by atoms with Crippen molar-refractivity contribution in [2.24, 2.45) is 5.73 Å². The van der Waals surface area contributed by atoms with E-state index >= 15 is 0 Å². The van der Waals surface area contributed by atoms with E-state index in [0.717, 1.165) is 5.92 Å². The molecule has 3 rings (SSSR count). The van der Waals surface area contributed by atoms with Gasteiger partial charge < -0.3 is 10.6 Å². The number of nitrogens with two attached hydrogens (primary N) is 1. The van der Waals surface area contributed by atoms with Crippen molar-refractivity contribution < 1.29 is 0 Å². The van der Waals surface area contributed by atoms with Gasteiger partial charge >= 0.3 is 0 Å². The fraction of sp³-hybridized carbons (Fsp3) is 0.368. The number of benzene rings is 2. The van der Waals surface area contributed by atoms with E-state index in [1.807, 2.05) is 0 Å². The Bertz CT molecular complexity index is 599. The zero-order chi connectivity index (χ0) is 14.8. The van der Waals surface area contributed by atoms with Gasteiger partial charge in [-0.3, -0.25) is 0 Å². The fourth-order valence-electron chi connectivity index (χ4n) is 2.95. The van der Waals surface area contributed by atoms with Gasteiger partial charge in [-0.2, -0.15) is 0 Å². The van der Waals surface area contributed by atoms with Gasteiger partial charge in [0.25, 0.3) is 0 Å². The highest BCUT2D eigenvalue weighted by molar-refractivity contribution is 5.50. The molecule has 1 fully saturated rings. The average Bonchev–Trinajstić information content (AvgIpc) is 3.33. The highest BCUT2D eigenvalue weighted by Crippen LogP contribution is 2.40. The molecule has 1 atom stereocenters. The minimum Gasteiger partial charge on any atom is -0.366 e. The number of hydrogen-bond donors (Lipinski definition) is 1. The molecule has 0 amide bonds. The molecule has 0 heterocycles. The first kappa shape index (κ1) is 14.2. The predicted octanol–water partition coefficient (Wildman–Crippen LogP) is 4.01. The molecule has 2 nitrogen and oxygen atoms in total. The summed E-state index contributed by atoms with van der Waals surface area (Å²) in [6.45, 7) is 2.74. The van der Waals surface area contributed by atoms with Crippen LogP contribution in [-0.2, 0) is 0 Å². The molecular formula is C19H24N2. The molecule has 2 N–H and O–H groups in total. The molecule has 110 valence electrons. The van der Waals surface area contributed by atoms with E-state index in [0.29, 0.717) is 6.54 Å². The van der Waals surface area contributed by atoms with E-state index in [9.17, 15) is 0 Å². The molecule has 0 aromatic heterocycles. The van der Waals surface area contributed by atoms with Gasteiger partial charge in [0.05, 0.1) is 6.04 Å². The van der Waals surface area contributed by atoms with Crippen molar-refractivity contribution in [2.75, 3.05) is 18.5 Å². The minimum atomic E-state index is 0.222. The van der Waals surface area contributed by atoms with Crippen LogP contribution in [0.15, 0.2) is 48.5 Å². The summed E-state index contributed by atoms with van der Waals surface area (Å²) >= 11 is 0. The lowest BCUT2D eigenvalue weighted by atomic mass is 10.0. The maximum absolute atomic E-state index is 6.05. The molecule has 1 aliphatic rings. The highest BCUT2D eigenvalue weighted by atomic mass is 15.1. The van der Waals surface area contributed by atoms with Gasteiger partial charge in [0.1, 0.15) is 0 Å². The maximum Gasteiger partial charge on any atom is 0.0661 e. The second-order valence-electron chi connectivity index (χ2n) is 6.14. The Hall–Kier alpha value is -1.80. The third-order valence-corrected chi connectivity index (χ3v) is 4.47. The van der Waals surface area contributed by atoms with Crippen molar-refractivity contribution in [1.82, 2.24) is 0 Å². The van der Waals surface area contributed by atoms with Gasteiger partial charge in [-0.1, -0.05) is 36.4 Å². The predicted molar refractivity (Wildman–Crippen MR) is 89.8 cm³/mol. The van der Waals surface area contributed by atoms with Crippen LogP contribution >= 0.6 is 0 Å². The zero-order valence-corrected chi connectivity index (χ0v) is 12.9. The van der Waals surface area contributed by atoms with Crippen LogP contribution in [0.4, 0.5) is 5.69 Å². The summed E-state index contributed by atoms with van der Waals surface area (Å²) in [5.74, 6) is 0.810. The number of anilines is 1. The number of nitrogens with zero attached hydrogens (tertiary/aromatic N) is 1. The van der Waals surface area contributed by atoms with Crippen LogP contribution in [0.2, 0.25) is 0 Å². The van der Waals surface area contributed by atoms with Crippen LogP contribution < -0.4 is 10.6 Å². The molecule has 1 unspecified atom stereocenters. The molecule has 21 heavy (non-hydrogen) atoms. The average molecular weight is 280 g/mol. The van der Waals surface area contributed by atoms with E-state index in [4.69, 9.17) is 5.73 Å². The summed E-state index contributed by atoms with van der Waals surface area (Å²) in [5.41, 5.74) is 11.3. The van der Waals surface area contributed by atoms with Crippen molar-refractivity contribution in [2.45, 2.75) is 31.7 Å². The molecule has 2 aromatic rings. The summed E-state index contributed by atoms with van der Waals surface area (Å²) in [6, 6.07) is 17.9. The van der Waals surface area contributed by atoms with Crippen molar-refractivity contribution in [1.29, 1.82) is 0 Å². The van der Waals surface area contributed by atoms with Gasteiger partial charge in [0.15, 0.2) is 0 Å². The van der Waals surface area contributed by atoms with Crippen molar-refractivity contribution in [3.8, 4) is 0 Å². The molecule has 0 aliphatic heterocycles. The topological polar surface area (TPSA) is 29.3 Å². The lowest BCUT2D eigenvalue weighted by Gasteiger charge is -2.30. The Morgan fingerprint density at radius 1 is 1.14 bits per heavy atom. The van der Waals surface area contributed by atoms with Gasteiger partial charge in [-0.25, -0.2) is 0 Å². The zero-order valence-electron chi connectivity index (χ0n) is 12.9. The highest BCUT2D eigenvalue weighted by Gasteiger charge is 2.24. The van der Waals surface area contributed by atoms with Crippen LogP contribution in [0.1, 0.15) is 41.5 Å². The first-order valence-electron chi connectivity index (χ1n) is 7.78.